The van der Waals surface area contributed by atoms with E-state index in [4.69, 9.17) is 18.0 Å². The van der Waals surface area contributed by atoms with Gasteiger partial charge in [-0.15, -0.1) is 0 Å². The van der Waals surface area contributed by atoms with Crippen LogP contribution in [0.3, 0.4) is 0 Å². The Labute approximate surface area is 134 Å². The largest absolute Gasteiger partial charge is 0.391 e. The zero-order chi connectivity index (χ0) is 15.5. The number of amides is 1. The summed E-state index contributed by atoms with van der Waals surface area (Å²) in [5, 5.41) is 3.31. The lowest BCUT2D eigenvalue weighted by molar-refractivity contribution is -0.132. The maximum Gasteiger partial charge on any atom is 0.226 e. The zero-order valence-electron chi connectivity index (χ0n) is 13.5. The second-order valence-corrected chi connectivity index (χ2v) is 7.53. The molecule has 2 rings (SSSR count). The number of rotatable bonds is 5. The van der Waals surface area contributed by atoms with Crippen LogP contribution in [0.25, 0.3) is 0 Å². The van der Waals surface area contributed by atoms with Crippen molar-refractivity contribution in [3.63, 3.8) is 0 Å². The molecule has 2 fully saturated rings. The first-order valence-corrected chi connectivity index (χ1v) is 9.01. The molecule has 0 atom stereocenters. The van der Waals surface area contributed by atoms with E-state index in [1.807, 2.05) is 0 Å². The predicted molar refractivity (Wildman–Crippen MR) is 91.1 cm³/mol. The SMILES string of the molecule is CCC1CCC(NC(=O)C2(CC)CCCC2)(C(N)=S)CC1. The molecule has 0 aromatic heterocycles. The zero-order valence-corrected chi connectivity index (χ0v) is 14.4. The van der Waals surface area contributed by atoms with Gasteiger partial charge in [-0.2, -0.15) is 0 Å². The second-order valence-electron chi connectivity index (χ2n) is 7.09. The minimum absolute atomic E-state index is 0.167. The summed E-state index contributed by atoms with van der Waals surface area (Å²) in [6, 6.07) is 0. The van der Waals surface area contributed by atoms with Crippen molar-refractivity contribution >= 4 is 23.1 Å². The Morgan fingerprint density at radius 2 is 1.76 bits per heavy atom. The molecule has 2 saturated carbocycles. The lowest BCUT2D eigenvalue weighted by Crippen LogP contribution is -2.60. The molecule has 3 nitrogen and oxygen atoms in total. The van der Waals surface area contributed by atoms with Crippen LogP contribution in [0.2, 0.25) is 0 Å². The van der Waals surface area contributed by atoms with Gasteiger partial charge in [-0.3, -0.25) is 4.79 Å². The van der Waals surface area contributed by atoms with Crippen molar-refractivity contribution in [3.05, 3.63) is 0 Å². The highest BCUT2D eigenvalue weighted by Crippen LogP contribution is 2.42. The molecule has 1 amide bonds. The summed E-state index contributed by atoms with van der Waals surface area (Å²) < 4.78 is 0. The molecule has 0 bridgehead atoms. The highest BCUT2D eigenvalue weighted by atomic mass is 32.1. The first-order chi connectivity index (χ1) is 9.98. The number of nitrogens with two attached hydrogens (primary N) is 1. The lowest BCUT2D eigenvalue weighted by Gasteiger charge is -2.42. The van der Waals surface area contributed by atoms with Crippen molar-refractivity contribution in [2.45, 2.75) is 83.6 Å². The Morgan fingerprint density at radius 3 is 2.19 bits per heavy atom. The fraction of sp³-hybridized carbons (Fsp3) is 0.882. The van der Waals surface area contributed by atoms with Gasteiger partial charge in [-0.25, -0.2) is 0 Å². The van der Waals surface area contributed by atoms with E-state index >= 15 is 0 Å². The van der Waals surface area contributed by atoms with Crippen molar-refractivity contribution in [2.24, 2.45) is 17.1 Å². The van der Waals surface area contributed by atoms with Gasteiger partial charge in [0.1, 0.15) is 0 Å². The van der Waals surface area contributed by atoms with E-state index in [1.54, 1.807) is 0 Å². The van der Waals surface area contributed by atoms with Crippen LogP contribution < -0.4 is 11.1 Å². The van der Waals surface area contributed by atoms with Crippen LogP contribution in [-0.4, -0.2) is 16.4 Å². The lowest BCUT2D eigenvalue weighted by atomic mass is 9.74. The summed E-state index contributed by atoms with van der Waals surface area (Å²) in [4.78, 5) is 13.4. The summed E-state index contributed by atoms with van der Waals surface area (Å²) in [6.07, 6.45) is 10.5. The Bertz CT molecular complexity index is 394. The van der Waals surface area contributed by atoms with E-state index in [9.17, 15) is 4.79 Å². The molecule has 21 heavy (non-hydrogen) atoms. The van der Waals surface area contributed by atoms with Gasteiger partial charge in [0, 0.05) is 5.41 Å². The molecular formula is C17H30N2OS. The van der Waals surface area contributed by atoms with Gasteiger partial charge >= 0.3 is 0 Å². The highest BCUT2D eigenvalue weighted by Gasteiger charge is 2.45. The number of hydrogen-bond acceptors (Lipinski definition) is 2. The Balaban J connectivity index is 2.10. The summed E-state index contributed by atoms with van der Waals surface area (Å²) in [5.74, 6) is 0.959. The molecule has 0 aromatic rings. The van der Waals surface area contributed by atoms with E-state index in [0.29, 0.717) is 4.99 Å². The van der Waals surface area contributed by atoms with Crippen molar-refractivity contribution in [2.75, 3.05) is 0 Å². The monoisotopic (exact) mass is 310 g/mol. The minimum Gasteiger partial charge on any atom is -0.391 e. The average Bonchev–Trinajstić information content (AvgIpc) is 2.98. The van der Waals surface area contributed by atoms with Crippen LogP contribution in [0.15, 0.2) is 0 Å². The third-order valence-electron chi connectivity index (χ3n) is 6.08. The molecule has 0 aromatic carbocycles. The van der Waals surface area contributed by atoms with Crippen molar-refractivity contribution in [3.8, 4) is 0 Å². The van der Waals surface area contributed by atoms with Crippen LogP contribution >= 0.6 is 12.2 Å². The molecule has 3 N–H and O–H groups in total. The van der Waals surface area contributed by atoms with E-state index in [2.05, 4.69) is 19.2 Å². The molecule has 0 aliphatic heterocycles. The van der Waals surface area contributed by atoms with Crippen LogP contribution in [-0.2, 0) is 4.79 Å². The van der Waals surface area contributed by atoms with Crippen LogP contribution in [0, 0.1) is 11.3 Å². The van der Waals surface area contributed by atoms with Gasteiger partial charge in [0.05, 0.1) is 10.5 Å². The van der Waals surface area contributed by atoms with E-state index < -0.39 is 5.54 Å². The van der Waals surface area contributed by atoms with Gasteiger partial charge in [-0.1, -0.05) is 45.3 Å². The van der Waals surface area contributed by atoms with Crippen molar-refractivity contribution in [1.82, 2.24) is 5.32 Å². The number of hydrogen-bond donors (Lipinski definition) is 2. The maximum absolute atomic E-state index is 12.9. The topological polar surface area (TPSA) is 55.1 Å². The van der Waals surface area contributed by atoms with E-state index in [-0.39, 0.29) is 11.3 Å². The van der Waals surface area contributed by atoms with Gasteiger partial charge in [0.25, 0.3) is 0 Å². The molecule has 120 valence electrons. The van der Waals surface area contributed by atoms with Gasteiger partial charge in [0.2, 0.25) is 5.91 Å². The molecule has 0 spiro atoms. The summed E-state index contributed by atoms with van der Waals surface area (Å²) in [5.41, 5.74) is 5.44. The standard InChI is InChI=1S/C17H30N2OS/c1-3-13-7-11-17(12-8-13,14(18)21)19-15(20)16(4-2)9-5-6-10-16/h13H,3-12H2,1-2H3,(H2,18,21)(H,19,20). The van der Waals surface area contributed by atoms with Crippen LogP contribution in [0.1, 0.15) is 78.1 Å². The smallest absolute Gasteiger partial charge is 0.226 e. The molecule has 2 aliphatic carbocycles. The average molecular weight is 311 g/mol. The molecule has 0 radical (unpaired) electrons. The number of carbonyl (C=O) groups excluding carboxylic acids is 1. The molecule has 0 heterocycles. The van der Waals surface area contributed by atoms with Crippen LogP contribution in [0.5, 0.6) is 0 Å². The fourth-order valence-corrected chi connectivity index (χ4v) is 4.41. The quantitative estimate of drug-likeness (QED) is 0.761. The summed E-state index contributed by atoms with van der Waals surface area (Å²) in [7, 11) is 0. The number of thiocarbonyl (C=S) groups is 1. The van der Waals surface area contributed by atoms with Gasteiger partial charge in [-0.05, 0) is 50.9 Å². The van der Waals surface area contributed by atoms with E-state index in [1.165, 1.54) is 19.3 Å². The first kappa shape index (κ1) is 16.7. The third kappa shape index (κ3) is 3.25. The highest BCUT2D eigenvalue weighted by molar-refractivity contribution is 7.80. The third-order valence-corrected chi connectivity index (χ3v) is 6.47. The Kier molecular flexibility index (Phi) is 5.29. The molecule has 4 heteroatoms. The second kappa shape index (κ2) is 6.64. The Morgan fingerprint density at radius 1 is 1.19 bits per heavy atom. The number of nitrogens with one attached hydrogen (secondary N) is 1. The predicted octanol–water partition coefficient (Wildman–Crippen LogP) is 3.70. The van der Waals surface area contributed by atoms with Crippen LogP contribution in [0.4, 0.5) is 0 Å². The number of carbonyl (C=O) groups is 1. The summed E-state index contributed by atoms with van der Waals surface area (Å²) >= 11 is 5.33. The summed E-state index contributed by atoms with van der Waals surface area (Å²) in [6.45, 7) is 4.37. The van der Waals surface area contributed by atoms with E-state index in [0.717, 1.165) is 50.9 Å². The molecular weight excluding hydrogens is 280 g/mol. The normalized spacial score (nSPS) is 31.8. The first-order valence-electron chi connectivity index (χ1n) is 8.60. The van der Waals surface area contributed by atoms with Gasteiger partial charge < -0.3 is 11.1 Å². The van der Waals surface area contributed by atoms with Crippen molar-refractivity contribution in [1.29, 1.82) is 0 Å². The fourth-order valence-electron chi connectivity index (χ4n) is 4.15. The molecule has 0 saturated heterocycles. The minimum atomic E-state index is -0.428. The maximum atomic E-state index is 12.9. The van der Waals surface area contributed by atoms with Gasteiger partial charge in [0.15, 0.2) is 0 Å². The molecule has 2 aliphatic rings. The Hall–Kier alpha value is -0.640. The van der Waals surface area contributed by atoms with Crippen molar-refractivity contribution < 1.29 is 4.79 Å². The molecule has 0 unspecified atom stereocenters.